The molecule has 0 amide bonds. The Hall–Kier alpha value is -1.19. The molecule has 0 aliphatic carbocycles. The molecule has 0 saturated heterocycles. The van der Waals surface area contributed by atoms with Crippen molar-refractivity contribution >= 4 is 11.3 Å². The monoisotopic (exact) mass is 261 g/mol. The van der Waals surface area contributed by atoms with Crippen LogP contribution in [0.1, 0.15) is 27.4 Å². The van der Waals surface area contributed by atoms with E-state index in [1.807, 2.05) is 12.3 Å². The standard InChI is InChI=1S/C15H19NOS/c1-10-4-11(2)6-13(5-10)7-15(17)8-14-9-18-12(3)16-14/h4-6,9,15,17H,7-8H2,1-3H3. The summed E-state index contributed by atoms with van der Waals surface area (Å²) >= 11 is 1.64. The number of hydrogen-bond donors (Lipinski definition) is 1. The molecule has 0 fully saturated rings. The van der Waals surface area contributed by atoms with E-state index in [1.54, 1.807) is 11.3 Å². The average molecular weight is 261 g/mol. The van der Waals surface area contributed by atoms with E-state index in [4.69, 9.17) is 0 Å². The van der Waals surface area contributed by atoms with Crippen LogP contribution in [0.2, 0.25) is 0 Å². The lowest BCUT2D eigenvalue weighted by atomic mass is 10.0. The molecular formula is C15H19NOS. The minimum atomic E-state index is -0.354. The van der Waals surface area contributed by atoms with E-state index >= 15 is 0 Å². The fourth-order valence-corrected chi connectivity index (χ4v) is 2.90. The second-order valence-corrected chi connectivity index (χ2v) is 5.98. The summed E-state index contributed by atoms with van der Waals surface area (Å²) in [5.74, 6) is 0. The van der Waals surface area contributed by atoms with Gasteiger partial charge in [-0.2, -0.15) is 0 Å². The number of thiazole rings is 1. The van der Waals surface area contributed by atoms with Gasteiger partial charge in [-0.15, -0.1) is 11.3 Å². The van der Waals surface area contributed by atoms with Crippen molar-refractivity contribution in [3.63, 3.8) is 0 Å². The molecule has 0 spiro atoms. The Labute approximate surface area is 112 Å². The molecule has 1 unspecified atom stereocenters. The number of benzene rings is 1. The van der Waals surface area contributed by atoms with Crippen molar-refractivity contribution < 1.29 is 5.11 Å². The summed E-state index contributed by atoms with van der Waals surface area (Å²) in [6.45, 7) is 6.17. The minimum absolute atomic E-state index is 0.354. The van der Waals surface area contributed by atoms with Gasteiger partial charge in [0.2, 0.25) is 0 Å². The molecule has 18 heavy (non-hydrogen) atoms. The minimum Gasteiger partial charge on any atom is -0.392 e. The van der Waals surface area contributed by atoms with Gasteiger partial charge in [-0.05, 0) is 32.8 Å². The Balaban J connectivity index is 2.00. The summed E-state index contributed by atoms with van der Waals surface area (Å²) in [5.41, 5.74) is 4.70. The molecule has 96 valence electrons. The molecule has 1 aromatic carbocycles. The topological polar surface area (TPSA) is 33.1 Å². The SMILES string of the molecule is Cc1cc(C)cc(CC(O)Cc2csc(C)n2)c1. The molecular weight excluding hydrogens is 242 g/mol. The second kappa shape index (κ2) is 5.63. The van der Waals surface area contributed by atoms with Crippen LogP contribution in [0.25, 0.3) is 0 Å². The Morgan fingerprint density at radius 3 is 2.33 bits per heavy atom. The lowest BCUT2D eigenvalue weighted by Gasteiger charge is -2.10. The first-order valence-electron chi connectivity index (χ1n) is 6.19. The Morgan fingerprint density at radius 1 is 1.11 bits per heavy atom. The zero-order chi connectivity index (χ0) is 13.1. The van der Waals surface area contributed by atoms with Crippen molar-refractivity contribution in [2.75, 3.05) is 0 Å². The van der Waals surface area contributed by atoms with Crippen molar-refractivity contribution in [1.82, 2.24) is 4.98 Å². The number of aromatic nitrogens is 1. The highest BCUT2D eigenvalue weighted by molar-refractivity contribution is 7.09. The molecule has 0 aliphatic rings. The maximum Gasteiger partial charge on any atom is 0.0897 e. The molecule has 1 heterocycles. The summed E-state index contributed by atoms with van der Waals surface area (Å²) in [5, 5.41) is 13.2. The van der Waals surface area contributed by atoms with Gasteiger partial charge in [0.1, 0.15) is 0 Å². The Bertz CT molecular complexity index is 513. The fraction of sp³-hybridized carbons (Fsp3) is 0.400. The van der Waals surface area contributed by atoms with Crippen molar-refractivity contribution in [1.29, 1.82) is 0 Å². The Kier molecular flexibility index (Phi) is 4.15. The van der Waals surface area contributed by atoms with Gasteiger partial charge in [-0.25, -0.2) is 4.98 Å². The largest absolute Gasteiger partial charge is 0.392 e. The third-order valence-electron chi connectivity index (χ3n) is 2.86. The van der Waals surface area contributed by atoms with Crippen LogP contribution in [-0.2, 0) is 12.8 Å². The summed E-state index contributed by atoms with van der Waals surface area (Å²) in [7, 11) is 0. The van der Waals surface area contributed by atoms with Gasteiger partial charge in [0.25, 0.3) is 0 Å². The Morgan fingerprint density at radius 2 is 1.78 bits per heavy atom. The summed E-state index contributed by atoms with van der Waals surface area (Å²) in [4.78, 5) is 4.39. The lowest BCUT2D eigenvalue weighted by molar-refractivity contribution is 0.174. The number of rotatable bonds is 4. The van der Waals surface area contributed by atoms with Crippen molar-refractivity contribution in [2.45, 2.75) is 39.7 Å². The van der Waals surface area contributed by atoms with Crippen LogP contribution in [0.15, 0.2) is 23.6 Å². The van der Waals surface area contributed by atoms with Gasteiger partial charge in [0, 0.05) is 11.8 Å². The molecule has 0 bridgehead atoms. The lowest BCUT2D eigenvalue weighted by Crippen LogP contribution is -2.14. The van der Waals surface area contributed by atoms with Crippen LogP contribution in [0.4, 0.5) is 0 Å². The predicted octanol–water partition coefficient (Wildman–Crippen LogP) is 3.21. The second-order valence-electron chi connectivity index (χ2n) is 4.92. The van der Waals surface area contributed by atoms with Crippen LogP contribution in [0, 0.1) is 20.8 Å². The number of aryl methyl sites for hydroxylation is 3. The van der Waals surface area contributed by atoms with Crippen LogP contribution >= 0.6 is 11.3 Å². The van der Waals surface area contributed by atoms with E-state index in [9.17, 15) is 5.11 Å². The van der Waals surface area contributed by atoms with Crippen molar-refractivity contribution in [2.24, 2.45) is 0 Å². The van der Waals surface area contributed by atoms with Crippen LogP contribution in [0.5, 0.6) is 0 Å². The highest BCUT2D eigenvalue weighted by Gasteiger charge is 2.09. The molecule has 1 atom stereocenters. The summed E-state index contributed by atoms with van der Waals surface area (Å²) < 4.78 is 0. The van der Waals surface area contributed by atoms with E-state index in [0.717, 1.165) is 10.7 Å². The first kappa shape index (κ1) is 13.2. The van der Waals surface area contributed by atoms with Gasteiger partial charge in [-0.3, -0.25) is 0 Å². The first-order chi connectivity index (χ1) is 8.52. The number of aliphatic hydroxyl groups excluding tert-OH is 1. The first-order valence-corrected chi connectivity index (χ1v) is 7.07. The third-order valence-corrected chi connectivity index (χ3v) is 3.69. The van der Waals surface area contributed by atoms with Gasteiger partial charge in [0.15, 0.2) is 0 Å². The highest BCUT2D eigenvalue weighted by Crippen LogP contribution is 2.14. The molecule has 2 nitrogen and oxygen atoms in total. The molecule has 3 heteroatoms. The zero-order valence-electron chi connectivity index (χ0n) is 11.1. The van der Waals surface area contributed by atoms with Crippen LogP contribution in [-0.4, -0.2) is 16.2 Å². The van der Waals surface area contributed by atoms with Crippen LogP contribution in [0.3, 0.4) is 0 Å². The van der Waals surface area contributed by atoms with Gasteiger partial charge < -0.3 is 5.11 Å². The van der Waals surface area contributed by atoms with E-state index in [1.165, 1.54) is 16.7 Å². The number of nitrogens with zero attached hydrogens (tertiary/aromatic N) is 1. The number of aliphatic hydroxyl groups is 1. The zero-order valence-corrected chi connectivity index (χ0v) is 11.9. The molecule has 0 saturated carbocycles. The van der Waals surface area contributed by atoms with Gasteiger partial charge >= 0.3 is 0 Å². The predicted molar refractivity (Wildman–Crippen MR) is 76.2 cm³/mol. The normalized spacial score (nSPS) is 12.7. The van der Waals surface area contributed by atoms with E-state index in [0.29, 0.717) is 12.8 Å². The summed E-state index contributed by atoms with van der Waals surface area (Å²) in [6, 6.07) is 6.44. The molecule has 1 aromatic heterocycles. The average Bonchev–Trinajstić information content (AvgIpc) is 2.61. The van der Waals surface area contributed by atoms with Gasteiger partial charge in [-0.1, -0.05) is 29.3 Å². The molecule has 2 rings (SSSR count). The third kappa shape index (κ3) is 3.65. The fourth-order valence-electron chi connectivity index (χ4n) is 2.27. The number of hydrogen-bond acceptors (Lipinski definition) is 3. The molecule has 1 N–H and O–H groups in total. The van der Waals surface area contributed by atoms with E-state index < -0.39 is 0 Å². The van der Waals surface area contributed by atoms with E-state index in [2.05, 4.69) is 37.0 Å². The quantitative estimate of drug-likeness (QED) is 0.916. The molecule has 2 aromatic rings. The van der Waals surface area contributed by atoms with Crippen molar-refractivity contribution in [3.05, 3.63) is 51.0 Å². The maximum atomic E-state index is 10.1. The maximum absolute atomic E-state index is 10.1. The van der Waals surface area contributed by atoms with Crippen LogP contribution < -0.4 is 0 Å². The summed E-state index contributed by atoms with van der Waals surface area (Å²) in [6.07, 6.45) is 0.976. The smallest absolute Gasteiger partial charge is 0.0897 e. The highest BCUT2D eigenvalue weighted by atomic mass is 32.1. The van der Waals surface area contributed by atoms with E-state index in [-0.39, 0.29) is 6.10 Å². The molecule has 0 radical (unpaired) electrons. The van der Waals surface area contributed by atoms with Crippen molar-refractivity contribution in [3.8, 4) is 0 Å². The van der Waals surface area contributed by atoms with Gasteiger partial charge in [0.05, 0.1) is 16.8 Å². The molecule has 0 aliphatic heterocycles.